The van der Waals surface area contributed by atoms with Crippen LogP contribution in [-0.2, 0) is 16.1 Å². The number of amides is 2. The summed E-state index contributed by atoms with van der Waals surface area (Å²) in [6.07, 6.45) is 0.447. The van der Waals surface area contributed by atoms with Gasteiger partial charge in [-0.15, -0.1) is 0 Å². The molecule has 2 aromatic carbocycles. The summed E-state index contributed by atoms with van der Waals surface area (Å²) in [4.78, 5) is 26.5. The highest BCUT2D eigenvalue weighted by Crippen LogP contribution is 2.20. The molecule has 0 saturated carbocycles. The van der Waals surface area contributed by atoms with E-state index in [1.807, 2.05) is 65.6 Å². The third-order valence-electron chi connectivity index (χ3n) is 4.78. The maximum atomic E-state index is 12.4. The minimum Gasteiger partial charge on any atom is -0.395 e. The molecule has 3 rings (SSSR count). The molecule has 26 heavy (non-hydrogen) atoms. The highest BCUT2D eigenvalue weighted by molar-refractivity contribution is 5.84. The maximum absolute atomic E-state index is 12.4. The Morgan fingerprint density at radius 1 is 1.12 bits per heavy atom. The number of aliphatic hydroxyl groups excluding tert-OH is 1. The Morgan fingerprint density at radius 2 is 1.77 bits per heavy atom. The molecule has 2 unspecified atom stereocenters. The molecule has 2 N–H and O–H groups in total. The normalized spacial score (nSPS) is 18.0. The number of rotatable bonds is 7. The average molecular weight is 352 g/mol. The van der Waals surface area contributed by atoms with Crippen LogP contribution in [0.5, 0.6) is 0 Å². The van der Waals surface area contributed by atoms with Crippen molar-refractivity contribution in [3.05, 3.63) is 71.8 Å². The molecule has 0 bridgehead atoms. The summed E-state index contributed by atoms with van der Waals surface area (Å²) >= 11 is 0. The second-order valence-electron chi connectivity index (χ2n) is 6.72. The fourth-order valence-corrected chi connectivity index (χ4v) is 3.34. The zero-order valence-electron chi connectivity index (χ0n) is 14.7. The van der Waals surface area contributed by atoms with Crippen molar-refractivity contribution in [3.8, 4) is 0 Å². The van der Waals surface area contributed by atoms with E-state index in [2.05, 4.69) is 5.32 Å². The number of nitrogens with one attached hydrogen (secondary N) is 1. The van der Waals surface area contributed by atoms with E-state index < -0.39 is 5.92 Å². The molecule has 2 atom stereocenters. The van der Waals surface area contributed by atoms with Crippen LogP contribution in [0.25, 0.3) is 0 Å². The monoisotopic (exact) mass is 352 g/mol. The summed E-state index contributed by atoms with van der Waals surface area (Å²) in [5, 5.41) is 12.5. The molecule has 1 heterocycles. The van der Waals surface area contributed by atoms with E-state index in [1.54, 1.807) is 0 Å². The second kappa shape index (κ2) is 8.63. The van der Waals surface area contributed by atoms with E-state index in [0.717, 1.165) is 11.1 Å². The number of aliphatic hydroxyl groups is 1. The van der Waals surface area contributed by atoms with Crippen LogP contribution in [0.3, 0.4) is 0 Å². The van der Waals surface area contributed by atoms with E-state index in [1.165, 1.54) is 0 Å². The average Bonchev–Trinajstić information content (AvgIpc) is 3.02. The van der Waals surface area contributed by atoms with Crippen molar-refractivity contribution in [1.82, 2.24) is 10.2 Å². The van der Waals surface area contributed by atoms with Gasteiger partial charge >= 0.3 is 0 Å². The van der Waals surface area contributed by atoms with Gasteiger partial charge in [0.15, 0.2) is 0 Å². The van der Waals surface area contributed by atoms with Gasteiger partial charge in [0.25, 0.3) is 0 Å². The van der Waals surface area contributed by atoms with Gasteiger partial charge in [-0.05, 0) is 11.1 Å². The molecule has 1 fully saturated rings. The van der Waals surface area contributed by atoms with Crippen molar-refractivity contribution >= 4 is 11.8 Å². The molecule has 0 aliphatic carbocycles. The Bertz CT molecular complexity index is 733. The van der Waals surface area contributed by atoms with Gasteiger partial charge in [-0.2, -0.15) is 0 Å². The molecule has 1 aliphatic heterocycles. The lowest BCUT2D eigenvalue weighted by molar-refractivity contribution is -0.128. The predicted octanol–water partition coefficient (Wildman–Crippen LogP) is 1.93. The summed E-state index contributed by atoms with van der Waals surface area (Å²) in [5.41, 5.74) is 1.90. The minimum absolute atomic E-state index is 0.102. The van der Waals surface area contributed by atoms with Crippen LogP contribution in [-0.4, -0.2) is 41.5 Å². The van der Waals surface area contributed by atoms with Crippen LogP contribution in [0.4, 0.5) is 0 Å². The first-order chi connectivity index (χ1) is 12.7. The van der Waals surface area contributed by atoms with Crippen LogP contribution >= 0.6 is 0 Å². The fourth-order valence-electron chi connectivity index (χ4n) is 3.34. The van der Waals surface area contributed by atoms with Gasteiger partial charge in [-0.25, -0.2) is 0 Å². The Morgan fingerprint density at radius 3 is 2.42 bits per heavy atom. The van der Waals surface area contributed by atoms with Gasteiger partial charge < -0.3 is 15.3 Å². The van der Waals surface area contributed by atoms with Crippen molar-refractivity contribution < 1.29 is 14.7 Å². The Kier molecular flexibility index (Phi) is 6.02. The summed E-state index contributed by atoms with van der Waals surface area (Å²) in [7, 11) is 0. The third kappa shape index (κ3) is 4.49. The first-order valence-corrected chi connectivity index (χ1v) is 8.92. The van der Waals surface area contributed by atoms with E-state index in [-0.39, 0.29) is 24.3 Å². The van der Waals surface area contributed by atoms with Gasteiger partial charge in [0.2, 0.25) is 11.8 Å². The van der Waals surface area contributed by atoms with E-state index in [0.29, 0.717) is 26.1 Å². The molecule has 136 valence electrons. The Balaban J connectivity index is 1.52. The quantitative estimate of drug-likeness (QED) is 0.800. The summed E-state index contributed by atoms with van der Waals surface area (Å²) in [6.45, 7) is 1.45. The number of nitrogens with zero attached hydrogens (tertiary/aromatic N) is 1. The van der Waals surface area contributed by atoms with Crippen molar-refractivity contribution in [3.63, 3.8) is 0 Å². The third-order valence-corrected chi connectivity index (χ3v) is 4.78. The number of hydrogen-bond acceptors (Lipinski definition) is 3. The molecule has 0 aromatic heterocycles. The number of carbonyl (C=O) groups is 2. The number of carbonyl (C=O) groups excluding carboxylic acids is 2. The molecular weight excluding hydrogens is 328 g/mol. The fraction of sp³-hybridized carbons (Fsp3) is 0.333. The lowest BCUT2D eigenvalue weighted by atomic mass is 9.99. The summed E-state index contributed by atoms with van der Waals surface area (Å²) < 4.78 is 0. The van der Waals surface area contributed by atoms with Crippen LogP contribution < -0.4 is 5.32 Å². The molecule has 1 aliphatic rings. The first kappa shape index (κ1) is 18.1. The molecular formula is C21H24N2O3. The topological polar surface area (TPSA) is 69.6 Å². The standard InChI is InChI=1S/C21H24N2O3/c24-15-19(18-9-5-2-6-10-18)21(26)22-12-17-11-20(25)23(14-17)13-16-7-3-1-4-8-16/h1-10,17,19,24H,11-15H2,(H,22,26). The van der Waals surface area contributed by atoms with Crippen molar-refractivity contribution in [2.45, 2.75) is 18.9 Å². The molecule has 0 radical (unpaired) electrons. The Labute approximate surface area is 153 Å². The van der Waals surface area contributed by atoms with E-state index >= 15 is 0 Å². The molecule has 0 spiro atoms. The number of benzene rings is 2. The van der Waals surface area contributed by atoms with Gasteiger partial charge in [0.05, 0.1) is 12.5 Å². The van der Waals surface area contributed by atoms with E-state index in [4.69, 9.17) is 0 Å². The number of likely N-dealkylation sites (tertiary alicyclic amines) is 1. The van der Waals surface area contributed by atoms with Gasteiger partial charge in [-0.1, -0.05) is 60.7 Å². The molecule has 5 nitrogen and oxygen atoms in total. The summed E-state index contributed by atoms with van der Waals surface area (Å²) in [6, 6.07) is 19.1. The zero-order chi connectivity index (χ0) is 18.4. The zero-order valence-corrected chi connectivity index (χ0v) is 14.7. The van der Waals surface area contributed by atoms with Crippen molar-refractivity contribution in [2.24, 2.45) is 5.92 Å². The predicted molar refractivity (Wildman–Crippen MR) is 99.2 cm³/mol. The van der Waals surface area contributed by atoms with Crippen molar-refractivity contribution in [1.29, 1.82) is 0 Å². The molecule has 5 heteroatoms. The van der Waals surface area contributed by atoms with Crippen molar-refractivity contribution in [2.75, 3.05) is 19.7 Å². The highest BCUT2D eigenvalue weighted by Gasteiger charge is 2.30. The Hall–Kier alpha value is -2.66. The van der Waals surface area contributed by atoms with Gasteiger partial charge in [-0.3, -0.25) is 9.59 Å². The molecule has 2 aromatic rings. The van der Waals surface area contributed by atoms with Crippen LogP contribution in [0.1, 0.15) is 23.5 Å². The molecule has 1 saturated heterocycles. The van der Waals surface area contributed by atoms with Crippen LogP contribution in [0.15, 0.2) is 60.7 Å². The SMILES string of the molecule is O=C(NCC1CC(=O)N(Cc2ccccc2)C1)C(CO)c1ccccc1. The molecule has 2 amide bonds. The lowest BCUT2D eigenvalue weighted by Gasteiger charge is -2.18. The first-order valence-electron chi connectivity index (χ1n) is 8.92. The highest BCUT2D eigenvalue weighted by atomic mass is 16.3. The second-order valence-corrected chi connectivity index (χ2v) is 6.72. The van der Waals surface area contributed by atoms with E-state index in [9.17, 15) is 14.7 Å². The van der Waals surface area contributed by atoms with Crippen LogP contribution in [0, 0.1) is 5.92 Å². The largest absolute Gasteiger partial charge is 0.395 e. The smallest absolute Gasteiger partial charge is 0.229 e. The summed E-state index contributed by atoms with van der Waals surface area (Å²) in [5.74, 6) is -0.554. The minimum atomic E-state index is -0.575. The van der Waals surface area contributed by atoms with Gasteiger partial charge in [0, 0.05) is 32.0 Å². The number of hydrogen-bond donors (Lipinski definition) is 2. The van der Waals surface area contributed by atoms with Gasteiger partial charge in [0.1, 0.15) is 0 Å². The lowest BCUT2D eigenvalue weighted by Crippen LogP contribution is -2.35. The van der Waals surface area contributed by atoms with Crippen LogP contribution in [0.2, 0.25) is 0 Å². The maximum Gasteiger partial charge on any atom is 0.229 e.